The molecule has 2 aromatic heterocycles. The molecule has 0 unspecified atom stereocenters. The predicted octanol–water partition coefficient (Wildman–Crippen LogP) is 4.95. The monoisotopic (exact) mass is 510 g/mol. The minimum absolute atomic E-state index is 0.0320. The topological polar surface area (TPSA) is 60.2 Å². The van der Waals surface area contributed by atoms with Crippen LogP contribution in [0.4, 0.5) is 17.6 Å². The molecular formula is C26H34F4N4O2. The van der Waals surface area contributed by atoms with Crippen molar-refractivity contribution >= 4 is 5.78 Å². The van der Waals surface area contributed by atoms with Crippen molar-refractivity contribution in [3.05, 3.63) is 41.3 Å². The van der Waals surface area contributed by atoms with E-state index in [1.165, 1.54) is 10.7 Å². The van der Waals surface area contributed by atoms with Crippen molar-refractivity contribution in [3.8, 4) is 5.88 Å². The highest BCUT2D eigenvalue weighted by atomic mass is 19.4. The molecule has 4 rings (SSSR count). The molecule has 0 saturated heterocycles. The number of halogens is 4. The van der Waals surface area contributed by atoms with Crippen LogP contribution in [-0.2, 0) is 30.9 Å². The first-order valence-corrected chi connectivity index (χ1v) is 12.8. The van der Waals surface area contributed by atoms with Crippen LogP contribution < -0.4 is 4.74 Å². The Bertz CT molecular complexity index is 1000. The molecule has 2 aromatic rings. The van der Waals surface area contributed by atoms with Crippen molar-refractivity contribution in [2.75, 3.05) is 26.2 Å². The van der Waals surface area contributed by atoms with Gasteiger partial charge in [-0.25, -0.2) is 14.1 Å². The van der Waals surface area contributed by atoms with Crippen LogP contribution in [0.1, 0.15) is 55.3 Å². The van der Waals surface area contributed by atoms with Crippen LogP contribution in [0, 0.1) is 11.8 Å². The molecule has 10 heteroatoms. The van der Waals surface area contributed by atoms with E-state index < -0.39 is 19.6 Å². The molecule has 0 N–H and O–H groups in total. The standard InChI is InChI=1S/C26H34F4N4O2/c27-18-34-16-21(15-31-34)14-23(35)13-20-3-1-19(2-4-20)7-10-33-11-8-22-5-6-25(32-24(22)9-12-33)36-17-26(28,29)30/h5-6,15-16,19-20H,1-4,7-14,17-18H2. The van der Waals surface area contributed by atoms with Gasteiger partial charge in [-0.1, -0.05) is 18.9 Å². The van der Waals surface area contributed by atoms with E-state index in [4.69, 9.17) is 4.74 Å². The Morgan fingerprint density at radius 2 is 1.83 bits per heavy atom. The quantitative estimate of drug-likeness (QED) is 0.424. The van der Waals surface area contributed by atoms with Gasteiger partial charge in [-0.2, -0.15) is 18.3 Å². The summed E-state index contributed by atoms with van der Waals surface area (Å²) >= 11 is 0. The molecule has 6 nitrogen and oxygen atoms in total. The number of nitrogens with zero attached hydrogens (tertiary/aromatic N) is 4. The van der Waals surface area contributed by atoms with Gasteiger partial charge in [-0.15, -0.1) is 0 Å². The fourth-order valence-electron chi connectivity index (χ4n) is 5.34. The van der Waals surface area contributed by atoms with Crippen molar-refractivity contribution in [1.82, 2.24) is 19.7 Å². The zero-order valence-electron chi connectivity index (χ0n) is 20.5. The Morgan fingerprint density at radius 1 is 1.08 bits per heavy atom. The molecule has 3 heterocycles. The number of hydrogen-bond donors (Lipinski definition) is 0. The second kappa shape index (κ2) is 12.2. The number of carbonyl (C=O) groups excluding carboxylic acids is 1. The molecule has 0 atom stereocenters. The van der Waals surface area contributed by atoms with Gasteiger partial charge < -0.3 is 9.64 Å². The van der Waals surface area contributed by atoms with E-state index in [2.05, 4.69) is 15.0 Å². The molecule has 0 radical (unpaired) electrons. The van der Waals surface area contributed by atoms with Crippen molar-refractivity contribution in [3.63, 3.8) is 0 Å². The molecule has 198 valence electrons. The van der Waals surface area contributed by atoms with Gasteiger partial charge in [0.2, 0.25) is 5.88 Å². The number of alkyl halides is 4. The first-order valence-electron chi connectivity index (χ1n) is 12.8. The van der Waals surface area contributed by atoms with E-state index in [0.29, 0.717) is 31.1 Å². The maximum atomic E-state index is 12.6. The number of aromatic nitrogens is 3. The lowest BCUT2D eigenvalue weighted by Gasteiger charge is -2.30. The van der Waals surface area contributed by atoms with Gasteiger partial charge in [0.1, 0.15) is 5.78 Å². The Morgan fingerprint density at radius 3 is 2.56 bits per heavy atom. The first-order chi connectivity index (χ1) is 17.3. The van der Waals surface area contributed by atoms with E-state index in [1.54, 1.807) is 12.4 Å². The van der Waals surface area contributed by atoms with Gasteiger partial charge in [0.15, 0.2) is 13.4 Å². The minimum atomic E-state index is -4.37. The highest BCUT2D eigenvalue weighted by Gasteiger charge is 2.29. The maximum absolute atomic E-state index is 12.6. The largest absolute Gasteiger partial charge is 0.468 e. The van der Waals surface area contributed by atoms with Gasteiger partial charge in [0.05, 0.1) is 6.20 Å². The summed E-state index contributed by atoms with van der Waals surface area (Å²) in [5.74, 6) is 1.31. The summed E-state index contributed by atoms with van der Waals surface area (Å²) in [5, 5.41) is 3.88. The highest BCUT2D eigenvalue weighted by molar-refractivity contribution is 5.80. The van der Waals surface area contributed by atoms with Crippen LogP contribution in [0.5, 0.6) is 5.88 Å². The Hall–Kier alpha value is -2.49. The van der Waals surface area contributed by atoms with E-state index in [1.807, 2.05) is 6.07 Å². The number of carbonyl (C=O) groups is 1. The average Bonchev–Trinajstić information content (AvgIpc) is 3.20. The van der Waals surface area contributed by atoms with Gasteiger partial charge in [-0.05, 0) is 55.2 Å². The third-order valence-electron chi connectivity index (χ3n) is 7.34. The van der Waals surface area contributed by atoms with Gasteiger partial charge in [0.25, 0.3) is 0 Å². The number of ketones is 1. The average molecular weight is 511 g/mol. The fraction of sp³-hybridized carbons (Fsp3) is 0.654. The Kier molecular flexibility index (Phi) is 8.98. The fourth-order valence-corrected chi connectivity index (χ4v) is 5.34. The normalized spacial score (nSPS) is 21.1. The SMILES string of the molecule is O=C(Cc1cnn(CF)c1)CC1CCC(CCN2CCc3ccc(OCC(F)(F)F)nc3CC2)CC1. The molecule has 1 fully saturated rings. The molecule has 1 aliphatic carbocycles. The summed E-state index contributed by atoms with van der Waals surface area (Å²) in [6, 6.07) is 3.37. The summed E-state index contributed by atoms with van der Waals surface area (Å²) in [4.78, 5) is 19.2. The van der Waals surface area contributed by atoms with Crippen LogP contribution >= 0.6 is 0 Å². The van der Waals surface area contributed by atoms with E-state index in [0.717, 1.165) is 75.0 Å². The number of pyridine rings is 1. The van der Waals surface area contributed by atoms with Crippen LogP contribution in [0.15, 0.2) is 24.5 Å². The first kappa shape index (κ1) is 26.6. The molecule has 0 aromatic carbocycles. The van der Waals surface area contributed by atoms with Crippen LogP contribution in [0.25, 0.3) is 0 Å². The van der Waals surface area contributed by atoms with E-state index >= 15 is 0 Å². The lowest BCUT2D eigenvalue weighted by molar-refractivity contribution is -0.154. The van der Waals surface area contributed by atoms with Crippen molar-refractivity contribution in [1.29, 1.82) is 0 Å². The predicted molar refractivity (Wildman–Crippen MR) is 126 cm³/mol. The lowest BCUT2D eigenvalue weighted by atomic mass is 9.78. The number of ether oxygens (including phenoxy) is 1. The molecule has 2 aliphatic rings. The van der Waals surface area contributed by atoms with Gasteiger partial charge in [-0.3, -0.25) is 4.79 Å². The third-order valence-corrected chi connectivity index (χ3v) is 7.34. The summed E-state index contributed by atoms with van der Waals surface area (Å²) in [5.41, 5.74) is 2.68. The van der Waals surface area contributed by atoms with Crippen molar-refractivity contribution < 1.29 is 27.1 Å². The molecule has 36 heavy (non-hydrogen) atoms. The minimum Gasteiger partial charge on any atom is -0.468 e. The molecule has 1 saturated carbocycles. The third kappa shape index (κ3) is 8.01. The summed E-state index contributed by atoms with van der Waals surface area (Å²) in [6.45, 7) is 0.748. The molecular weight excluding hydrogens is 476 g/mol. The number of Topliss-reactive ketones (excluding diaryl/α,β-unsaturated/α-hetero) is 1. The number of hydrogen-bond acceptors (Lipinski definition) is 5. The zero-order valence-corrected chi connectivity index (χ0v) is 20.5. The van der Waals surface area contributed by atoms with Crippen LogP contribution in [0.3, 0.4) is 0 Å². The Labute approximate surface area is 209 Å². The second-order valence-electron chi connectivity index (χ2n) is 10.1. The maximum Gasteiger partial charge on any atom is 0.422 e. The van der Waals surface area contributed by atoms with Crippen molar-refractivity contribution in [2.45, 2.75) is 70.8 Å². The van der Waals surface area contributed by atoms with E-state index in [9.17, 15) is 22.4 Å². The zero-order chi connectivity index (χ0) is 25.5. The Balaban J connectivity index is 1.15. The van der Waals surface area contributed by atoms with Crippen LogP contribution in [-0.4, -0.2) is 57.9 Å². The lowest BCUT2D eigenvalue weighted by Crippen LogP contribution is -2.29. The van der Waals surface area contributed by atoms with E-state index in [-0.39, 0.29) is 11.7 Å². The highest BCUT2D eigenvalue weighted by Crippen LogP contribution is 2.33. The second-order valence-corrected chi connectivity index (χ2v) is 10.1. The molecule has 0 amide bonds. The smallest absolute Gasteiger partial charge is 0.422 e. The summed E-state index contributed by atoms with van der Waals surface area (Å²) in [7, 11) is 0. The van der Waals surface area contributed by atoms with Gasteiger partial charge >= 0.3 is 6.18 Å². The number of rotatable bonds is 10. The number of fused-ring (bicyclic) bond motifs is 1. The summed E-state index contributed by atoms with van der Waals surface area (Å²) < 4.78 is 55.8. The van der Waals surface area contributed by atoms with Crippen LogP contribution in [0.2, 0.25) is 0 Å². The van der Waals surface area contributed by atoms with Crippen molar-refractivity contribution in [2.24, 2.45) is 11.8 Å². The summed E-state index contributed by atoms with van der Waals surface area (Å²) in [6.07, 6.45) is 6.74. The molecule has 0 spiro atoms. The molecule has 1 aliphatic heterocycles. The molecule has 0 bridgehead atoms. The van der Waals surface area contributed by atoms with Gasteiger partial charge in [0, 0.05) is 50.3 Å².